The Labute approximate surface area is 123 Å². The summed E-state index contributed by atoms with van der Waals surface area (Å²) in [5, 5.41) is 14.7. The molecule has 1 aromatic carbocycles. The molecule has 7 heteroatoms. The van der Waals surface area contributed by atoms with Crippen molar-refractivity contribution in [3.05, 3.63) is 58.1 Å². The summed E-state index contributed by atoms with van der Waals surface area (Å²) in [6, 6.07) is 8.19. The van der Waals surface area contributed by atoms with Gasteiger partial charge in [-0.2, -0.15) is 0 Å². The van der Waals surface area contributed by atoms with E-state index in [2.05, 4.69) is 31.4 Å². The lowest BCUT2D eigenvalue weighted by Gasteiger charge is -2.08. The Morgan fingerprint density at radius 1 is 1.40 bits per heavy atom. The standard InChI is InChI=1S/C13H12BrFN4O/c14-10-6-9(1-2-11(10)15)18-7-8-3-4-17-12(5-8)13(16)19-20/h1-6,18,20H,7H2,(H2,16,19). The van der Waals surface area contributed by atoms with E-state index in [4.69, 9.17) is 10.9 Å². The summed E-state index contributed by atoms with van der Waals surface area (Å²) in [5.41, 5.74) is 7.55. The zero-order valence-corrected chi connectivity index (χ0v) is 11.9. The summed E-state index contributed by atoms with van der Waals surface area (Å²) in [6.07, 6.45) is 1.57. The van der Waals surface area contributed by atoms with Crippen LogP contribution in [0.4, 0.5) is 10.1 Å². The van der Waals surface area contributed by atoms with Crippen LogP contribution in [0, 0.1) is 5.82 Å². The fourth-order valence-electron chi connectivity index (χ4n) is 1.59. The van der Waals surface area contributed by atoms with Crippen LogP contribution in [0.2, 0.25) is 0 Å². The van der Waals surface area contributed by atoms with Crippen LogP contribution in [0.15, 0.2) is 46.2 Å². The molecule has 104 valence electrons. The quantitative estimate of drug-likeness (QED) is 0.346. The van der Waals surface area contributed by atoms with Gasteiger partial charge in [0, 0.05) is 18.4 Å². The van der Waals surface area contributed by atoms with E-state index in [1.165, 1.54) is 6.07 Å². The van der Waals surface area contributed by atoms with Crippen molar-refractivity contribution in [3.63, 3.8) is 0 Å². The highest BCUT2D eigenvalue weighted by molar-refractivity contribution is 9.10. The molecular weight excluding hydrogens is 327 g/mol. The Balaban J connectivity index is 2.09. The summed E-state index contributed by atoms with van der Waals surface area (Å²) in [4.78, 5) is 3.99. The number of nitrogens with zero attached hydrogens (tertiary/aromatic N) is 2. The van der Waals surface area contributed by atoms with E-state index in [0.29, 0.717) is 16.7 Å². The van der Waals surface area contributed by atoms with Crippen molar-refractivity contribution < 1.29 is 9.60 Å². The van der Waals surface area contributed by atoms with Crippen LogP contribution in [0.3, 0.4) is 0 Å². The molecule has 0 aliphatic carbocycles. The maximum Gasteiger partial charge on any atom is 0.188 e. The fraction of sp³-hybridized carbons (Fsp3) is 0.0769. The van der Waals surface area contributed by atoms with Crippen molar-refractivity contribution in [1.29, 1.82) is 0 Å². The molecule has 0 spiro atoms. The molecular formula is C13H12BrFN4O. The number of nitrogens with one attached hydrogen (secondary N) is 1. The molecule has 1 aromatic heterocycles. The van der Waals surface area contributed by atoms with Crippen LogP contribution >= 0.6 is 15.9 Å². The van der Waals surface area contributed by atoms with E-state index in [1.807, 2.05) is 0 Å². The Morgan fingerprint density at radius 3 is 2.90 bits per heavy atom. The van der Waals surface area contributed by atoms with Gasteiger partial charge in [0.25, 0.3) is 0 Å². The maximum absolute atomic E-state index is 13.1. The lowest BCUT2D eigenvalue weighted by atomic mass is 10.2. The number of hydrogen-bond acceptors (Lipinski definition) is 4. The van der Waals surface area contributed by atoms with E-state index in [9.17, 15) is 4.39 Å². The summed E-state index contributed by atoms with van der Waals surface area (Å²) in [7, 11) is 0. The second-order valence-electron chi connectivity index (χ2n) is 4.02. The topological polar surface area (TPSA) is 83.5 Å². The molecule has 2 aromatic rings. The van der Waals surface area contributed by atoms with Crippen LogP contribution in [-0.4, -0.2) is 16.0 Å². The molecule has 0 bridgehead atoms. The number of aromatic nitrogens is 1. The third-order valence-electron chi connectivity index (χ3n) is 2.61. The summed E-state index contributed by atoms with van der Waals surface area (Å²) in [6.45, 7) is 0.506. The molecule has 0 aliphatic rings. The molecule has 0 radical (unpaired) electrons. The first-order chi connectivity index (χ1) is 9.60. The molecule has 0 atom stereocenters. The predicted octanol–water partition coefficient (Wildman–Crippen LogP) is 2.69. The van der Waals surface area contributed by atoms with Gasteiger partial charge in [-0.25, -0.2) is 4.39 Å². The number of hydrogen-bond donors (Lipinski definition) is 3. The number of pyridine rings is 1. The zero-order valence-electron chi connectivity index (χ0n) is 10.3. The van der Waals surface area contributed by atoms with Crippen molar-refractivity contribution in [2.45, 2.75) is 6.54 Å². The zero-order chi connectivity index (χ0) is 14.5. The first kappa shape index (κ1) is 14.3. The molecule has 0 saturated carbocycles. The molecule has 0 saturated heterocycles. The maximum atomic E-state index is 13.1. The van der Waals surface area contributed by atoms with E-state index in [0.717, 1.165) is 11.3 Å². The van der Waals surface area contributed by atoms with Gasteiger partial charge in [-0.3, -0.25) is 4.98 Å². The van der Waals surface area contributed by atoms with E-state index in [1.54, 1.807) is 30.5 Å². The van der Waals surface area contributed by atoms with Gasteiger partial charge < -0.3 is 16.3 Å². The Morgan fingerprint density at radius 2 is 2.20 bits per heavy atom. The Kier molecular flexibility index (Phi) is 4.52. The van der Waals surface area contributed by atoms with Crippen molar-refractivity contribution in [1.82, 2.24) is 4.98 Å². The second-order valence-corrected chi connectivity index (χ2v) is 4.87. The van der Waals surface area contributed by atoms with Gasteiger partial charge >= 0.3 is 0 Å². The van der Waals surface area contributed by atoms with Crippen LogP contribution in [0.25, 0.3) is 0 Å². The highest BCUT2D eigenvalue weighted by Crippen LogP contribution is 2.20. The predicted molar refractivity (Wildman–Crippen MR) is 78.2 cm³/mol. The highest BCUT2D eigenvalue weighted by atomic mass is 79.9. The van der Waals surface area contributed by atoms with Crippen LogP contribution in [0.5, 0.6) is 0 Å². The molecule has 0 unspecified atom stereocenters. The fourth-order valence-corrected chi connectivity index (χ4v) is 1.96. The summed E-state index contributed by atoms with van der Waals surface area (Å²) < 4.78 is 13.5. The molecule has 0 fully saturated rings. The number of nitrogens with two attached hydrogens (primary N) is 1. The first-order valence-electron chi connectivity index (χ1n) is 5.72. The second kappa shape index (κ2) is 6.33. The largest absolute Gasteiger partial charge is 0.409 e. The third-order valence-corrected chi connectivity index (χ3v) is 3.22. The van der Waals surface area contributed by atoms with E-state index in [-0.39, 0.29) is 11.7 Å². The van der Waals surface area contributed by atoms with Crippen molar-refractivity contribution in [2.75, 3.05) is 5.32 Å². The van der Waals surface area contributed by atoms with Gasteiger partial charge in [0.15, 0.2) is 5.84 Å². The smallest absolute Gasteiger partial charge is 0.188 e. The van der Waals surface area contributed by atoms with Crippen LogP contribution in [0.1, 0.15) is 11.3 Å². The molecule has 2 rings (SSSR count). The average Bonchev–Trinajstić information content (AvgIpc) is 2.48. The number of amidine groups is 1. The number of rotatable bonds is 4. The summed E-state index contributed by atoms with van der Waals surface area (Å²) in [5.74, 6) is -0.356. The van der Waals surface area contributed by atoms with E-state index >= 15 is 0 Å². The van der Waals surface area contributed by atoms with Gasteiger partial charge in [-0.1, -0.05) is 5.16 Å². The SMILES string of the molecule is N/C(=N/O)c1cc(CNc2ccc(F)c(Br)c2)ccn1. The normalized spacial score (nSPS) is 11.4. The lowest BCUT2D eigenvalue weighted by Crippen LogP contribution is -2.15. The van der Waals surface area contributed by atoms with Crippen LogP contribution < -0.4 is 11.1 Å². The molecule has 0 amide bonds. The van der Waals surface area contributed by atoms with Crippen molar-refractivity contribution >= 4 is 27.5 Å². The van der Waals surface area contributed by atoms with Crippen molar-refractivity contribution in [2.24, 2.45) is 10.9 Å². The van der Waals surface area contributed by atoms with Gasteiger partial charge in [0.05, 0.1) is 4.47 Å². The minimum Gasteiger partial charge on any atom is -0.409 e. The summed E-state index contributed by atoms with van der Waals surface area (Å²) >= 11 is 3.13. The highest BCUT2D eigenvalue weighted by Gasteiger charge is 2.03. The van der Waals surface area contributed by atoms with Gasteiger partial charge in [0.2, 0.25) is 0 Å². The monoisotopic (exact) mass is 338 g/mol. The van der Waals surface area contributed by atoms with Crippen LogP contribution in [-0.2, 0) is 6.54 Å². The van der Waals surface area contributed by atoms with Gasteiger partial charge in [0.1, 0.15) is 11.5 Å². The lowest BCUT2D eigenvalue weighted by molar-refractivity contribution is 0.318. The molecule has 5 nitrogen and oxygen atoms in total. The van der Waals surface area contributed by atoms with Gasteiger partial charge in [-0.15, -0.1) is 0 Å². The number of halogens is 2. The minimum atomic E-state index is -0.311. The minimum absolute atomic E-state index is 0.0450. The number of oxime groups is 1. The molecule has 20 heavy (non-hydrogen) atoms. The Bertz CT molecular complexity index is 648. The molecule has 0 aliphatic heterocycles. The Hall–Kier alpha value is -2.15. The van der Waals surface area contributed by atoms with E-state index < -0.39 is 0 Å². The first-order valence-corrected chi connectivity index (χ1v) is 6.51. The van der Waals surface area contributed by atoms with Gasteiger partial charge in [-0.05, 0) is 51.8 Å². The number of anilines is 1. The third kappa shape index (κ3) is 3.45. The number of benzene rings is 1. The average molecular weight is 339 g/mol. The molecule has 1 heterocycles. The van der Waals surface area contributed by atoms with Crippen molar-refractivity contribution in [3.8, 4) is 0 Å². The molecule has 4 N–H and O–H groups in total.